The van der Waals surface area contributed by atoms with E-state index in [0.717, 1.165) is 53.9 Å². The highest BCUT2D eigenvalue weighted by atomic mass is 16.5. The molecule has 0 aliphatic heterocycles. The smallest absolute Gasteiger partial charge is 0.144 e. The minimum atomic E-state index is -0.742. The van der Waals surface area contributed by atoms with Crippen molar-refractivity contribution in [2.24, 2.45) is 0 Å². The fraction of sp³-hybridized carbons (Fsp3) is 0.444. The fourth-order valence-electron chi connectivity index (χ4n) is 5.18. The predicted octanol–water partition coefficient (Wildman–Crippen LogP) is 8.66. The molecule has 1 radical (unpaired) electrons. The molecule has 219 valence electrons. The average Bonchev–Trinajstić information content (AvgIpc) is 3.03. The minimum absolute atomic E-state index is 0.542. The van der Waals surface area contributed by atoms with Crippen molar-refractivity contribution in [3.63, 3.8) is 0 Å². The summed E-state index contributed by atoms with van der Waals surface area (Å²) in [4.78, 5) is 0. The van der Waals surface area contributed by atoms with Gasteiger partial charge in [0.05, 0.1) is 20.3 Å². The molecule has 0 bridgehead atoms. The first-order chi connectivity index (χ1) is 20.1. The Hall–Kier alpha value is -3.33. The molecular weight excluding hydrogens is 510 g/mol. The molecule has 0 N–H and O–H groups in total. The zero-order chi connectivity index (χ0) is 29.2. The predicted molar refractivity (Wildman–Crippen MR) is 165 cm³/mol. The standard InChI is InChI=1S/C36H46NO4/c1-30(29-37)40-27-15-10-8-6-4-5-7-9-11-16-28-41-36(31-17-13-12-14-18-31,32-19-23-34(38-2)24-20-32)33-21-25-35(39-3)26-22-33/h12-14,17-26,30H,1,4-11,15-16,27-28H2,2-3H3. The van der Waals surface area contributed by atoms with Gasteiger partial charge in [0.2, 0.25) is 0 Å². The Bertz CT molecular complexity index is 1090. The number of nitrogens with zero attached hydrogens (tertiary/aromatic N) is 1. The normalized spacial score (nSPS) is 12.0. The van der Waals surface area contributed by atoms with Crippen LogP contribution >= 0.6 is 0 Å². The van der Waals surface area contributed by atoms with Gasteiger partial charge >= 0.3 is 0 Å². The van der Waals surface area contributed by atoms with E-state index in [1.165, 1.54) is 38.5 Å². The van der Waals surface area contributed by atoms with Gasteiger partial charge in [-0.1, -0.05) is 106 Å². The van der Waals surface area contributed by atoms with Crippen LogP contribution in [0.3, 0.4) is 0 Å². The number of hydrogen-bond acceptors (Lipinski definition) is 5. The maximum Gasteiger partial charge on any atom is 0.144 e. The van der Waals surface area contributed by atoms with Crippen LogP contribution in [-0.2, 0) is 15.1 Å². The third-order valence-corrected chi connectivity index (χ3v) is 7.49. The molecule has 0 saturated carbocycles. The van der Waals surface area contributed by atoms with Gasteiger partial charge in [0.15, 0.2) is 0 Å². The summed E-state index contributed by atoms with van der Waals surface area (Å²) in [6.07, 6.45) is 11.3. The number of hydrogen-bond donors (Lipinski definition) is 0. The average molecular weight is 557 g/mol. The van der Waals surface area contributed by atoms with E-state index in [0.29, 0.717) is 13.2 Å². The van der Waals surface area contributed by atoms with E-state index in [1.54, 1.807) is 14.2 Å². The molecule has 3 aromatic rings. The van der Waals surface area contributed by atoms with E-state index in [1.807, 2.05) is 36.4 Å². The molecule has 0 saturated heterocycles. The van der Waals surface area contributed by atoms with E-state index in [2.05, 4.69) is 55.5 Å². The minimum Gasteiger partial charge on any atom is -0.497 e. The summed E-state index contributed by atoms with van der Waals surface area (Å²) in [5.74, 6) is 1.64. The van der Waals surface area contributed by atoms with Crippen LogP contribution < -0.4 is 9.47 Å². The van der Waals surface area contributed by atoms with Crippen molar-refractivity contribution >= 4 is 0 Å². The summed E-state index contributed by atoms with van der Waals surface area (Å²) < 4.78 is 23.1. The molecule has 1 atom stereocenters. The molecule has 3 aromatic carbocycles. The van der Waals surface area contributed by atoms with Gasteiger partial charge in [-0.15, -0.1) is 0 Å². The van der Waals surface area contributed by atoms with Gasteiger partial charge < -0.3 is 18.9 Å². The van der Waals surface area contributed by atoms with E-state index in [-0.39, 0.29) is 0 Å². The topological polar surface area (TPSA) is 60.7 Å². The second-order valence-electron chi connectivity index (χ2n) is 10.4. The van der Waals surface area contributed by atoms with Crippen LogP contribution in [0.1, 0.15) is 80.9 Å². The zero-order valence-electron chi connectivity index (χ0n) is 24.9. The highest BCUT2D eigenvalue weighted by Gasteiger charge is 2.37. The van der Waals surface area contributed by atoms with Crippen LogP contribution in [0.25, 0.3) is 0 Å². The van der Waals surface area contributed by atoms with Crippen molar-refractivity contribution in [1.29, 1.82) is 5.26 Å². The lowest BCUT2D eigenvalue weighted by Crippen LogP contribution is -2.33. The maximum absolute atomic E-state index is 8.68. The van der Waals surface area contributed by atoms with E-state index in [9.17, 15) is 0 Å². The van der Waals surface area contributed by atoms with Gasteiger partial charge in [-0.25, -0.2) is 0 Å². The van der Waals surface area contributed by atoms with Crippen LogP contribution in [0, 0.1) is 18.3 Å². The number of nitriles is 1. The Kier molecular flexibility index (Phi) is 14.3. The molecule has 0 amide bonds. The lowest BCUT2D eigenvalue weighted by atomic mass is 9.80. The highest BCUT2D eigenvalue weighted by Crippen LogP contribution is 2.41. The Morgan fingerprint density at radius 1 is 0.610 bits per heavy atom. The first-order valence-electron chi connectivity index (χ1n) is 15.0. The van der Waals surface area contributed by atoms with Crippen molar-refractivity contribution in [1.82, 2.24) is 0 Å². The van der Waals surface area contributed by atoms with Crippen molar-refractivity contribution in [3.05, 3.63) is 102 Å². The lowest BCUT2D eigenvalue weighted by molar-refractivity contribution is 0.0106. The Balaban J connectivity index is 1.54. The van der Waals surface area contributed by atoms with E-state index in [4.69, 9.17) is 24.2 Å². The molecule has 3 rings (SSSR count). The second kappa shape index (κ2) is 18.2. The Morgan fingerprint density at radius 3 is 1.46 bits per heavy atom. The molecule has 0 aliphatic carbocycles. The molecule has 5 heteroatoms. The quantitative estimate of drug-likeness (QED) is 0.103. The summed E-state index contributed by atoms with van der Waals surface area (Å²) >= 11 is 0. The summed E-state index contributed by atoms with van der Waals surface area (Å²) in [6.45, 7) is 4.91. The number of rotatable bonds is 20. The van der Waals surface area contributed by atoms with Crippen molar-refractivity contribution in [2.45, 2.75) is 75.9 Å². The Labute approximate surface area is 247 Å². The van der Waals surface area contributed by atoms with E-state index < -0.39 is 11.7 Å². The molecule has 0 spiro atoms. The largest absolute Gasteiger partial charge is 0.497 e. The number of ether oxygens (including phenoxy) is 4. The van der Waals surface area contributed by atoms with Crippen LogP contribution in [-0.4, -0.2) is 33.5 Å². The van der Waals surface area contributed by atoms with Crippen LogP contribution in [0.15, 0.2) is 78.9 Å². The first-order valence-corrected chi connectivity index (χ1v) is 15.0. The molecule has 0 fully saturated rings. The monoisotopic (exact) mass is 556 g/mol. The molecule has 1 unspecified atom stereocenters. The van der Waals surface area contributed by atoms with Crippen molar-refractivity contribution in [2.75, 3.05) is 27.4 Å². The SMILES string of the molecule is [CH2]C(C#N)OCCCCCCCCCCCCOC(c1ccccc1)(c1ccc(OC)cc1)c1ccc(OC)cc1. The first kappa shape index (κ1) is 32.2. The number of unbranched alkanes of at least 4 members (excludes halogenated alkanes) is 9. The number of methoxy groups -OCH3 is 2. The Morgan fingerprint density at radius 2 is 1.02 bits per heavy atom. The van der Waals surface area contributed by atoms with Crippen LogP contribution in [0.5, 0.6) is 11.5 Å². The lowest BCUT2D eigenvalue weighted by Gasteiger charge is -2.36. The second-order valence-corrected chi connectivity index (χ2v) is 10.4. The van der Waals surface area contributed by atoms with Crippen molar-refractivity contribution in [3.8, 4) is 17.6 Å². The summed E-state index contributed by atoms with van der Waals surface area (Å²) in [7, 11) is 3.38. The van der Waals surface area contributed by atoms with Gasteiger partial charge in [-0.05, 0) is 60.7 Å². The molecule has 0 aromatic heterocycles. The molecule has 5 nitrogen and oxygen atoms in total. The fourth-order valence-corrected chi connectivity index (χ4v) is 5.18. The van der Waals surface area contributed by atoms with Gasteiger partial charge in [0.25, 0.3) is 0 Å². The third kappa shape index (κ3) is 9.92. The van der Waals surface area contributed by atoms with E-state index >= 15 is 0 Å². The van der Waals surface area contributed by atoms with Gasteiger partial charge in [0, 0.05) is 13.2 Å². The van der Waals surface area contributed by atoms with Gasteiger partial charge in [-0.2, -0.15) is 5.26 Å². The highest BCUT2D eigenvalue weighted by molar-refractivity contribution is 5.49. The van der Waals surface area contributed by atoms with Gasteiger partial charge in [0.1, 0.15) is 23.2 Å². The molecule has 41 heavy (non-hydrogen) atoms. The zero-order valence-corrected chi connectivity index (χ0v) is 24.9. The summed E-state index contributed by atoms with van der Waals surface area (Å²) in [5.41, 5.74) is 2.49. The van der Waals surface area contributed by atoms with Crippen LogP contribution in [0.2, 0.25) is 0 Å². The third-order valence-electron chi connectivity index (χ3n) is 7.49. The molecule has 0 heterocycles. The molecular formula is C36H46NO4. The summed E-state index contributed by atoms with van der Waals surface area (Å²) in [6, 6.07) is 28.9. The maximum atomic E-state index is 8.68. The summed E-state index contributed by atoms with van der Waals surface area (Å²) in [5, 5.41) is 8.68. The molecule has 0 aliphatic rings. The number of benzene rings is 3. The van der Waals surface area contributed by atoms with Gasteiger partial charge in [-0.3, -0.25) is 0 Å². The van der Waals surface area contributed by atoms with Crippen molar-refractivity contribution < 1.29 is 18.9 Å². The van der Waals surface area contributed by atoms with Crippen LogP contribution in [0.4, 0.5) is 0 Å².